The quantitative estimate of drug-likeness (QED) is 0.894. The average molecular weight is 344 g/mol. The van der Waals surface area contributed by atoms with Crippen LogP contribution in [0.2, 0.25) is 5.02 Å². The van der Waals surface area contributed by atoms with E-state index in [1.807, 2.05) is 25.1 Å². The second kappa shape index (κ2) is 6.93. The summed E-state index contributed by atoms with van der Waals surface area (Å²) >= 11 is 5.98. The van der Waals surface area contributed by atoms with Crippen LogP contribution in [0.15, 0.2) is 48.5 Å². The van der Waals surface area contributed by atoms with Crippen LogP contribution >= 0.6 is 11.6 Å². The lowest BCUT2D eigenvalue weighted by atomic mass is 10.1. The zero-order chi connectivity index (χ0) is 17.1. The first-order valence-electron chi connectivity index (χ1n) is 7.76. The first kappa shape index (κ1) is 16.3. The molecule has 0 aromatic heterocycles. The third-order valence-electron chi connectivity index (χ3n) is 3.99. The molecule has 1 aliphatic rings. The molecule has 0 radical (unpaired) electrons. The Hall–Kier alpha value is -2.53. The van der Waals surface area contributed by atoms with Gasteiger partial charge in [0.1, 0.15) is 0 Å². The molecule has 0 saturated carbocycles. The van der Waals surface area contributed by atoms with Crippen molar-refractivity contribution in [3.05, 3.63) is 64.7 Å². The second-order valence-electron chi connectivity index (χ2n) is 5.68. The molecule has 1 atom stereocenters. The predicted octanol–water partition coefficient (Wildman–Crippen LogP) is 3.36. The molecule has 5 nitrogen and oxygen atoms in total. The molecule has 1 saturated heterocycles. The van der Waals surface area contributed by atoms with Crippen LogP contribution in [0.1, 0.15) is 28.9 Å². The maximum atomic E-state index is 12.4. The lowest BCUT2D eigenvalue weighted by Gasteiger charge is -2.16. The fourth-order valence-corrected chi connectivity index (χ4v) is 2.85. The number of benzene rings is 2. The van der Waals surface area contributed by atoms with Gasteiger partial charge in [0.2, 0.25) is 0 Å². The first-order chi connectivity index (χ1) is 11.5. The summed E-state index contributed by atoms with van der Waals surface area (Å²) in [5.41, 5.74) is 2.28. The van der Waals surface area contributed by atoms with Crippen molar-refractivity contribution in [3.63, 3.8) is 0 Å². The second-order valence-corrected chi connectivity index (χ2v) is 6.12. The topological polar surface area (TPSA) is 61.4 Å². The van der Waals surface area contributed by atoms with Crippen molar-refractivity contribution >= 4 is 29.2 Å². The fraction of sp³-hybridized carbons (Fsp3) is 0.222. The maximum Gasteiger partial charge on any atom is 0.321 e. The Morgan fingerprint density at radius 3 is 2.62 bits per heavy atom. The zero-order valence-electron chi connectivity index (χ0n) is 13.3. The van der Waals surface area contributed by atoms with E-state index in [1.165, 1.54) is 0 Å². The summed E-state index contributed by atoms with van der Waals surface area (Å²) in [6.45, 7) is 3.18. The van der Waals surface area contributed by atoms with Gasteiger partial charge in [0.25, 0.3) is 5.91 Å². The van der Waals surface area contributed by atoms with Crippen LogP contribution in [-0.2, 0) is 0 Å². The molecule has 3 amide bonds. The molecular formula is C18H18ClN3O2. The Labute approximate surface area is 145 Å². The van der Waals surface area contributed by atoms with Gasteiger partial charge in [-0.05, 0) is 48.9 Å². The minimum atomic E-state index is -0.167. The van der Waals surface area contributed by atoms with E-state index >= 15 is 0 Å². The van der Waals surface area contributed by atoms with Gasteiger partial charge >= 0.3 is 6.03 Å². The lowest BCUT2D eigenvalue weighted by molar-refractivity contribution is 0.0940. The standard InChI is InChI=1S/C18H18ClN3O2/c1-12(14-3-2-4-15(19)11-14)21-17(23)13-5-7-16(8-6-13)22-10-9-20-18(22)24/h2-8,11-12H,9-10H2,1H3,(H,20,24)(H,21,23). The van der Waals surface area contributed by atoms with Crippen LogP contribution in [0.3, 0.4) is 0 Å². The predicted molar refractivity (Wildman–Crippen MR) is 94.5 cm³/mol. The molecule has 1 unspecified atom stereocenters. The van der Waals surface area contributed by atoms with Gasteiger partial charge in [-0.15, -0.1) is 0 Å². The van der Waals surface area contributed by atoms with E-state index in [2.05, 4.69) is 10.6 Å². The highest BCUT2D eigenvalue weighted by atomic mass is 35.5. The molecule has 2 N–H and O–H groups in total. The summed E-state index contributed by atoms with van der Waals surface area (Å²) in [5, 5.41) is 6.34. The van der Waals surface area contributed by atoms with Gasteiger partial charge in [0.05, 0.1) is 6.04 Å². The number of hydrogen-bond acceptors (Lipinski definition) is 2. The minimum Gasteiger partial charge on any atom is -0.346 e. The largest absolute Gasteiger partial charge is 0.346 e. The van der Waals surface area contributed by atoms with Crippen LogP contribution < -0.4 is 15.5 Å². The van der Waals surface area contributed by atoms with Crippen molar-refractivity contribution < 1.29 is 9.59 Å². The maximum absolute atomic E-state index is 12.4. The summed E-state index contributed by atoms with van der Waals surface area (Å²) in [4.78, 5) is 25.7. The Morgan fingerprint density at radius 2 is 2.00 bits per heavy atom. The number of halogens is 1. The molecule has 6 heteroatoms. The molecule has 0 bridgehead atoms. The van der Waals surface area contributed by atoms with Crippen molar-refractivity contribution in [2.75, 3.05) is 18.0 Å². The van der Waals surface area contributed by atoms with Crippen LogP contribution in [0.4, 0.5) is 10.5 Å². The van der Waals surface area contributed by atoms with E-state index in [1.54, 1.807) is 35.2 Å². The van der Waals surface area contributed by atoms with Crippen molar-refractivity contribution in [1.82, 2.24) is 10.6 Å². The van der Waals surface area contributed by atoms with E-state index in [-0.39, 0.29) is 18.0 Å². The Balaban J connectivity index is 1.68. The molecule has 0 aliphatic carbocycles. The number of carbonyl (C=O) groups excluding carboxylic acids is 2. The molecule has 124 valence electrons. The molecule has 1 heterocycles. The van der Waals surface area contributed by atoms with Crippen molar-refractivity contribution in [3.8, 4) is 0 Å². The number of rotatable bonds is 4. The minimum absolute atomic E-state index is 0.109. The Kier molecular flexibility index (Phi) is 4.71. The average Bonchev–Trinajstić information content (AvgIpc) is 3.01. The van der Waals surface area contributed by atoms with Crippen LogP contribution in [0, 0.1) is 0 Å². The van der Waals surface area contributed by atoms with Crippen LogP contribution in [0.5, 0.6) is 0 Å². The van der Waals surface area contributed by atoms with E-state index in [4.69, 9.17) is 11.6 Å². The number of hydrogen-bond donors (Lipinski definition) is 2. The van der Waals surface area contributed by atoms with Crippen molar-refractivity contribution in [2.45, 2.75) is 13.0 Å². The molecule has 3 rings (SSSR count). The highest BCUT2D eigenvalue weighted by Gasteiger charge is 2.21. The molecule has 2 aromatic rings. The van der Waals surface area contributed by atoms with E-state index in [0.717, 1.165) is 11.3 Å². The van der Waals surface area contributed by atoms with E-state index in [9.17, 15) is 9.59 Å². The van der Waals surface area contributed by atoms with Crippen LogP contribution in [0.25, 0.3) is 0 Å². The van der Waals surface area contributed by atoms with E-state index < -0.39 is 0 Å². The summed E-state index contributed by atoms with van der Waals surface area (Å²) in [7, 11) is 0. The smallest absolute Gasteiger partial charge is 0.321 e. The number of carbonyl (C=O) groups is 2. The molecule has 1 aliphatic heterocycles. The molecule has 1 fully saturated rings. The third-order valence-corrected chi connectivity index (χ3v) is 4.23. The number of anilines is 1. The fourth-order valence-electron chi connectivity index (χ4n) is 2.65. The summed E-state index contributed by atoms with van der Waals surface area (Å²) in [6, 6.07) is 14.2. The van der Waals surface area contributed by atoms with Gasteiger partial charge < -0.3 is 10.6 Å². The molecule has 24 heavy (non-hydrogen) atoms. The molecular weight excluding hydrogens is 326 g/mol. The number of urea groups is 1. The van der Waals surface area contributed by atoms with Gasteiger partial charge in [-0.25, -0.2) is 4.79 Å². The van der Waals surface area contributed by atoms with Gasteiger partial charge in [0.15, 0.2) is 0 Å². The third kappa shape index (κ3) is 3.51. The molecule has 2 aromatic carbocycles. The summed E-state index contributed by atoms with van der Waals surface area (Å²) in [5.74, 6) is -0.167. The molecule has 0 spiro atoms. The number of nitrogens with one attached hydrogen (secondary N) is 2. The summed E-state index contributed by atoms with van der Waals surface area (Å²) < 4.78 is 0. The Morgan fingerprint density at radius 1 is 1.25 bits per heavy atom. The lowest BCUT2D eigenvalue weighted by Crippen LogP contribution is -2.28. The zero-order valence-corrected chi connectivity index (χ0v) is 14.0. The monoisotopic (exact) mass is 343 g/mol. The highest BCUT2D eigenvalue weighted by molar-refractivity contribution is 6.30. The van der Waals surface area contributed by atoms with Gasteiger partial charge in [-0.1, -0.05) is 23.7 Å². The first-order valence-corrected chi connectivity index (χ1v) is 8.14. The van der Waals surface area contributed by atoms with Crippen molar-refractivity contribution in [1.29, 1.82) is 0 Å². The van der Waals surface area contributed by atoms with Crippen LogP contribution in [-0.4, -0.2) is 25.0 Å². The SMILES string of the molecule is CC(NC(=O)c1ccc(N2CCNC2=O)cc1)c1cccc(Cl)c1. The number of amides is 3. The van der Waals surface area contributed by atoms with Gasteiger partial charge in [0, 0.05) is 29.4 Å². The van der Waals surface area contributed by atoms with Crippen molar-refractivity contribution in [2.24, 2.45) is 0 Å². The summed E-state index contributed by atoms with van der Waals surface area (Å²) in [6.07, 6.45) is 0. The normalized spacial score (nSPS) is 15.1. The number of nitrogens with zero attached hydrogens (tertiary/aromatic N) is 1. The van der Waals surface area contributed by atoms with E-state index in [0.29, 0.717) is 23.7 Å². The Bertz CT molecular complexity index is 761. The highest BCUT2D eigenvalue weighted by Crippen LogP contribution is 2.20. The van der Waals surface area contributed by atoms with Gasteiger partial charge in [-0.3, -0.25) is 9.69 Å². The van der Waals surface area contributed by atoms with Gasteiger partial charge in [-0.2, -0.15) is 0 Å².